The van der Waals surface area contributed by atoms with E-state index < -0.39 is 17.7 Å². The molecule has 0 spiro atoms. The molecule has 3 amide bonds. The van der Waals surface area contributed by atoms with Crippen molar-refractivity contribution in [2.45, 2.75) is 44.2 Å². The van der Waals surface area contributed by atoms with Gasteiger partial charge in [-0.15, -0.1) is 0 Å². The van der Waals surface area contributed by atoms with Crippen LogP contribution >= 0.6 is 0 Å². The number of hydrogen-bond donors (Lipinski definition) is 4. The quantitative estimate of drug-likeness (QED) is 0.0977. The van der Waals surface area contributed by atoms with Crippen molar-refractivity contribution in [3.05, 3.63) is 119 Å². The second kappa shape index (κ2) is 17.0. The van der Waals surface area contributed by atoms with Crippen LogP contribution in [0.4, 0.5) is 26.0 Å². The van der Waals surface area contributed by atoms with E-state index in [2.05, 4.69) is 53.9 Å². The number of ether oxygens (including phenoxy) is 1. The number of nitrogens with zero attached hydrogens (tertiary/aromatic N) is 4. The number of anilines is 3. The molecule has 306 valence electrons. The highest BCUT2D eigenvalue weighted by Crippen LogP contribution is 2.31. The van der Waals surface area contributed by atoms with E-state index in [0.29, 0.717) is 61.4 Å². The maximum atomic E-state index is 14.0. The molecule has 3 fully saturated rings. The summed E-state index contributed by atoms with van der Waals surface area (Å²) < 4.78 is 35.3. The summed E-state index contributed by atoms with van der Waals surface area (Å²) in [5, 5.41) is 18.1. The fourth-order valence-corrected chi connectivity index (χ4v) is 8.43. The van der Waals surface area contributed by atoms with E-state index in [1.54, 1.807) is 0 Å². The second-order valence-electron chi connectivity index (χ2n) is 15.6. The van der Waals surface area contributed by atoms with Crippen LogP contribution in [-0.2, 0) is 20.7 Å². The molecule has 4 N–H and O–H groups in total. The predicted octanol–water partition coefficient (Wildman–Crippen LogP) is 6.38. The average molecular weight is 811 g/mol. The van der Waals surface area contributed by atoms with Crippen LogP contribution in [0, 0.1) is 23.5 Å². The Balaban J connectivity index is 0.871. The number of carbonyl (C=O) groups is 3. The van der Waals surface area contributed by atoms with Crippen LogP contribution in [0.5, 0.6) is 0 Å². The summed E-state index contributed by atoms with van der Waals surface area (Å²) in [4.78, 5) is 42.9. The third-order valence-corrected chi connectivity index (χ3v) is 11.6. The molecule has 0 radical (unpaired) electrons. The van der Waals surface area contributed by atoms with Gasteiger partial charge in [0.1, 0.15) is 17.7 Å². The number of aromatic nitrogens is 3. The summed E-state index contributed by atoms with van der Waals surface area (Å²) >= 11 is 0. The number of nitrogens with one attached hydrogen (secondary N) is 4. The van der Waals surface area contributed by atoms with E-state index in [1.165, 1.54) is 12.1 Å². The summed E-state index contributed by atoms with van der Waals surface area (Å²) in [5.41, 5.74) is 6.10. The molecular weight excluding hydrogens is 767 g/mol. The number of imide groups is 1. The third-order valence-electron chi connectivity index (χ3n) is 11.6. The Labute approximate surface area is 345 Å². The largest absolute Gasteiger partial charge is 0.381 e. The van der Waals surface area contributed by atoms with E-state index >= 15 is 0 Å². The van der Waals surface area contributed by atoms with Crippen molar-refractivity contribution in [2.75, 3.05) is 61.5 Å². The molecule has 0 bridgehead atoms. The van der Waals surface area contributed by atoms with Crippen molar-refractivity contribution < 1.29 is 27.9 Å². The van der Waals surface area contributed by atoms with Crippen molar-refractivity contribution in [3.8, 4) is 11.8 Å². The summed E-state index contributed by atoms with van der Waals surface area (Å²) in [6.45, 7) is 5.13. The Morgan fingerprint density at radius 2 is 1.70 bits per heavy atom. The fraction of sp³-hybridized carbons (Fsp3) is 0.304. The number of piperidine rings is 1. The molecule has 3 saturated heterocycles. The number of aromatic amines is 1. The molecule has 5 heterocycles. The van der Waals surface area contributed by atoms with E-state index in [0.717, 1.165) is 84.0 Å². The normalized spacial score (nSPS) is 17.7. The molecule has 1 atom stereocenters. The highest BCUT2D eigenvalue weighted by Gasteiger charge is 2.29. The third kappa shape index (κ3) is 8.45. The van der Waals surface area contributed by atoms with E-state index in [1.807, 2.05) is 65.4 Å². The lowest BCUT2D eigenvalue weighted by atomic mass is 10.0. The van der Waals surface area contributed by atoms with Gasteiger partial charge in [-0.2, -0.15) is 5.10 Å². The van der Waals surface area contributed by atoms with Crippen molar-refractivity contribution in [3.63, 3.8) is 0 Å². The fourth-order valence-electron chi connectivity index (χ4n) is 8.43. The minimum absolute atomic E-state index is 0.152. The molecule has 60 heavy (non-hydrogen) atoms. The number of benzene rings is 4. The lowest BCUT2D eigenvalue weighted by Gasteiger charge is -2.35. The lowest BCUT2D eigenvalue weighted by Crippen LogP contribution is -2.46. The Morgan fingerprint density at radius 3 is 2.50 bits per heavy atom. The summed E-state index contributed by atoms with van der Waals surface area (Å²) in [6.07, 6.45) is 4.66. The molecule has 6 aromatic rings. The summed E-state index contributed by atoms with van der Waals surface area (Å²) in [7, 11) is 0. The molecule has 14 heteroatoms. The van der Waals surface area contributed by atoms with Crippen molar-refractivity contribution in [1.29, 1.82) is 0 Å². The zero-order valence-electron chi connectivity index (χ0n) is 32.9. The van der Waals surface area contributed by atoms with Crippen molar-refractivity contribution in [1.82, 2.24) is 25.0 Å². The monoisotopic (exact) mass is 810 g/mol. The van der Waals surface area contributed by atoms with Crippen LogP contribution in [0.3, 0.4) is 0 Å². The standard InChI is InChI=1S/C46H44F2N8O4/c47-32-24-30(25-33(48)27-32)23-29-6-9-39-38(26-29)44(53-52-39)51-45(58)37-8-7-35(28-40(37)49-34-13-21-60-22-14-34)55-19-17-54(18-20-55)15-2-4-31-3-1-5-41-36(31)12-16-56(41)42-10-11-43(57)50-46(42)59/h1,3,5-9,12,16,24-28,34,42,49H,10-11,13-15,17-23H2,(H,50,57,59)(H2,51,52,53,58). The van der Waals surface area contributed by atoms with Gasteiger partial charge < -0.3 is 24.8 Å². The lowest BCUT2D eigenvalue weighted by molar-refractivity contribution is -0.135. The zero-order valence-corrected chi connectivity index (χ0v) is 32.9. The number of carbonyl (C=O) groups excluding carboxylic acids is 3. The molecule has 0 aliphatic carbocycles. The number of amides is 3. The topological polar surface area (TPSA) is 137 Å². The minimum atomic E-state index is -0.629. The van der Waals surface area contributed by atoms with Gasteiger partial charge in [-0.05, 0) is 97.5 Å². The first-order valence-electron chi connectivity index (χ1n) is 20.4. The van der Waals surface area contributed by atoms with Crippen LogP contribution in [0.25, 0.3) is 21.8 Å². The average Bonchev–Trinajstić information content (AvgIpc) is 3.85. The van der Waals surface area contributed by atoms with Crippen LogP contribution < -0.4 is 20.9 Å². The molecule has 9 rings (SSSR count). The van der Waals surface area contributed by atoms with Crippen LogP contribution in [0.1, 0.15) is 58.8 Å². The molecule has 4 aromatic carbocycles. The van der Waals surface area contributed by atoms with E-state index in [-0.39, 0.29) is 23.8 Å². The summed E-state index contributed by atoms with van der Waals surface area (Å²) in [5.74, 6) is 5.02. The highest BCUT2D eigenvalue weighted by molar-refractivity contribution is 6.11. The van der Waals surface area contributed by atoms with Gasteiger partial charge in [0.25, 0.3) is 5.91 Å². The number of fused-ring (bicyclic) bond motifs is 2. The van der Waals surface area contributed by atoms with Gasteiger partial charge in [0, 0.05) is 97.3 Å². The first kappa shape index (κ1) is 38.9. The van der Waals surface area contributed by atoms with Gasteiger partial charge in [0.15, 0.2) is 5.82 Å². The Morgan fingerprint density at radius 1 is 0.883 bits per heavy atom. The van der Waals surface area contributed by atoms with Crippen LogP contribution in [-0.4, -0.2) is 89.4 Å². The maximum absolute atomic E-state index is 14.0. The highest BCUT2D eigenvalue weighted by atomic mass is 19.1. The molecule has 0 saturated carbocycles. The van der Waals surface area contributed by atoms with Gasteiger partial charge in [-0.3, -0.25) is 29.7 Å². The van der Waals surface area contributed by atoms with E-state index in [9.17, 15) is 23.2 Å². The van der Waals surface area contributed by atoms with Gasteiger partial charge in [0.05, 0.1) is 17.6 Å². The Bertz CT molecular complexity index is 2650. The minimum Gasteiger partial charge on any atom is -0.381 e. The molecule has 3 aliphatic heterocycles. The van der Waals surface area contributed by atoms with Gasteiger partial charge in [0.2, 0.25) is 11.8 Å². The predicted molar refractivity (Wildman–Crippen MR) is 226 cm³/mol. The molecule has 1 unspecified atom stereocenters. The number of hydrogen-bond acceptors (Lipinski definition) is 8. The van der Waals surface area contributed by atoms with Gasteiger partial charge in [-0.25, -0.2) is 8.78 Å². The van der Waals surface area contributed by atoms with Crippen LogP contribution in [0.15, 0.2) is 85.1 Å². The first-order valence-corrected chi connectivity index (χ1v) is 20.4. The number of piperazine rings is 1. The maximum Gasteiger partial charge on any atom is 0.258 e. The van der Waals surface area contributed by atoms with Crippen molar-refractivity contribution >= 4 is 56.7 Å². The SMILES string of the molecule is O=C1CCC(n2ccc3c(C#CCN4CCN(c5ccc(C(=O)Nc6n[nH]c7ccc(Cc8cc(F)cc(F)c8)cc67)c(NC6CCOCC6)c5)CC4)cccc32)C(=O)N1. The zero-order chi connectivity index (χ0) is 41.2. The molecular formula is C46H44F2N8O4. The first-order chi connectivity index (χ1) is 29.2. The summed E-state index contributed by atoms with van der Waals surface area (Å²) in [6, 6.07) is 22.6. The Kier molecular flexibility index (Phi) is 11.0. The smallest absolute Gasteiger partial charge is 0.258 e. The number of halogens is 2. The van der Waals surface area contributed by atoms with Crippen LogP contribution in [0.2, 0.25) is 0 Å². The molecule has 12 nitrogen and oxygen atoms in total. The van der Waals surface area contributed by atoms with E-state index in [4.69, 9.17) is 4.74 Å². The second-order valence-corrected chi connectivity index (χ2v) is 15.6. The number of rotatable bonds is 9. The van der Waals surface area contributed by atoms with Gasteiger partial charge in [-0.1, -0.05) is 24.0 Å². The Hall–Kier alpha value is -6.56. The molecule has 2 aromatic heterocycles. The molecule has 3 aliphatic rings. The van der Waals surface area contributed by atoms with Crippen molar-refractivity contribution in [2.24, 2.45) is 0 Å². The number of H-pyrrole nitrogens is 1. The van der Waals surface area contributed by atoms with Gasteiger partial charge >= 0.3 is 0 Å².